The largest absolute Gasteiger partial charge is 0.348 e. The minimum Gasteiger partial charge on any atom is -0.348 e. The summed E-state index contributed by atoms with van der Waals surface area (Å²) in [6, 6.07) is 5.34. The van der Waals surface area contributed by atoms with Crippen molar-refractivity contribution in [1.29, 1.82) is 0 Å². The van der Waals surface area contributed by atoms with Gasteiger partial charge < -0.3 is 21.0 Å². The molecule has 1 heterocycles. The first-order valence-electron chi connectivity index (χ1n) is 5.31. The van der Waals surface area contributed by atoms with Crippen molar-refractivity contribution in [1.82, 2.24) is 15.3 Å². The van der Waals surface area contributed by atoms with Crippen LogP contribution < -0.4 is 16.7 Å². The molecule has 2 aromatic rings. The van der Waals surface area contributed by atoms with Crippen molar-refractivity contribution < 1.29 is 4.79 Å². The summed E-state index contributed by atoms with van der Waals surface area (Å²) in [7, 11) is 0. The lowest BCUT2D eigenvalue weighted by molar-refractivity contribution is -0.120. The molecule has 1 aromatic heterocycles. The Bertz CT molecular complexity index is 599. The van der Waals surface area contributed by atoms with E-state index in [1.54, 1.807) is 6.07 Å². The normalized spacial score (nSPS) is 12.6. The molecule has 5 N–H and O–H groups in total. The van der Waals surface area contributed by atoms with Crippen molar-refractivity contribution in [3.8, 4) is 0 Å². The Balaban J connectivity index is 2.29. The lowest BCUT2D eigenvalue weighted by atomic mass is 10.1. The van der Waals surface area contributed by atoms with Crippen molar-refractivity contribution in [3.63, 3.8) is 0 Å². The highest BCUT2D eigenvalue weighted by molar-refractivity contribution is 5.79. The van der Waals surface area contributed by atoms with E-state index in [4.69, 9.17) is 5.73 Å². The van der Waals surface area contributed by atoms with Gasteiger partial charge in [-0.25, -0.2) is 4.79 Å². The molecular formula is C11H14N4O2. The molecule has 6 heteroatoms. The van der Waals surface area contributed by atoms with Crippen molar-refractivity contribution >= 4 is 16.9 Å². The van der Waals surface area contributed by atoms with Gasteiger partial charge >= 0.3 is 5.69 Å². The maximum absolute atomic E-state index is 11.2. The molecule has 0 bridgehead atoms. The smallest absolute Gasteiger partial charge is 0.323 e. The molecule has 0 spiro atoms. The van der Waals surface area contributed by atoms with Gasteiger partial charge in [-0.1, -0.05) is 6.07 Å². The fraction of sp³-hybridized carbons (Fsp3) is 0.273. The maximum atomic E-state index is 11.2. The number of H-pyrrole nitrogens is 2. The first kappa shape index (κ1) is 11.4. The Morgan fingerprint density at radius 1 is 1.41 bits per heavy atom. The molecule has 1 amide bonds. The number of amides is 1. The van der Waals surface area contributed by atoms with E-state index in [-0.39, 0.29) is 24.2 Å². The van der Waals surface area contributed by atoms with Gasteiger partial charge in [0, 0.05) is 0 Å². The first-order valence-corrected chi connectivity index (χ1v) is 5.31. The quantitative estimate of drug-likeness (QED) is 0.600. The van der Waals surface area contributed by atoms with Crippen LogP contribution in [-0.2, 0) is 4.79 Å². The molecule has 0 aliphatic carbocycles. The molecule has 0 aliphatic heterocycles. The van der Waals surface area contributed by atoms with E-state index in [0.717, 1.165) is 16.6 Å². The third-order valence-corrected chi connectivity index (χ3v) is 2.60. The van der Waals surface area contributed by atoms with Gasteiger partial charge in [0.25, 0.3) is 0 Å². The summed E-state index contributed by atoms with van der Waals surface area (Å²) in [5, 5.41) is 2.75. The van der Waals surface area contributed by atoms with Gasteiger partial charge in [0.2, 0.25) is 5.91 Å². The highest BCUT2D eigenvalue weighted by Crippen LogP contribution is 2.16. The van der Waals surface area contributed by atoms with E-state index in [0.29, 0.717) is 0 Å². The molecule has 90 valence electrons. The van der Waals surface area contributed by atoms with Crippen molar-refractivity contribution in [2.75, 3.05) is 6.54 Å². The number of benzene rings is 1. The van der Waals surface area contributed by atoms with Gasteiger partial charge in [-0.2, -0.15) is 0 Å². The number of hydrogen-bond acceptors (Lipinski definition) is 3. The fourth-order valence-electron chi connectivity index (χ4n) is 1.70. The Kier molecular flexibility index (Phi) is 2.97. The summed E-state index contributed by atoms with van der Waals surface area (Å²) in [5.41, 5.74) is 7.37. The van der Waals surface area contributed by atoms with Crippen molar-refractivity contribution in [3.05, 3.63) is 34.2 Å². The van der Waals surface area contributed by atoms with Crippen molar-refractivity contribution in [2.24, 2.45) is 5.73 Å². The summed E-state index contributed by atoms with van der Waals surface area (Å²) in [4.78, 5) is 27.6. The molecule has 0 aliphatic rings. The molecule has 1 aromatic carbocycles. The SMILES string of the molecule is CC(NC(=O)CN)c1ccc2[nH]c(=O)[nH]c2c1. The number of carbonyl (C=O) groups excluding carboxylic acids is 1. The van der Waals surface area contributed by atoms with E-state index in [9.17, 15) is 9.59 Å². The van der Waals surface area contributed by atoms with Gasteiger partial charge in [-0.05, 0) is 24.6 Å². The van der Waals surface area contributed by atoms with E-state index in [2.05, 4.69) is 15.3 Å². The minimum absolute atomic E-state index is 0.0342. The third-order valence-electron chi connectivity index (χ3n) is 2.60. The molecule has 0 radical (unpaired) electrons. The van der Waals surface area contributed by atoms with Crippen LogP contribution in [-0.4, -0.2) is 22.4 Å². The van der Waals surface area contributed by atoms with Crippen LogP contribution in [0.5, 0.6) is 0 Å². The number of nitrogens with two attached hydrogens (primary N) is 1. The zero-order chi connectivity index (χ0) is 12.4. The number of aromatic amines is 2. The number of hydrogen-bond donors (Lipinski definition) is 4. The molecular weight excluding hydrogens is 220 g/mol. The van der Waals surface area contributed by atoms with E-state index >= 15 is 0 Å². The number of rotatable bonds is 3. The van der Waals surface area contributed by atoms with Crippen LogP contribution in [0.1, 0.15) is 18.5 Å². The zero-order valence-corrected chi connectivity index (χ0v) is 9.41. The summed E-state index contributed by atoms with van der Waals surface area (Å²) >= 11 is 0. The second kappa shape index (κ2) is 4.42. The summed E-state index contributed by atoms with van der Waals surface area (Å²) in [6.45, 7) is 1.83. The van der Waals surface area contributed by atoms with Gasteiger partial charge in [-0.15, -0.1) is 0 Å². The van der Waals surface area contributed by atoms with Crippen molar-refractivity contribution in [2.45, 2.75) is 13.0 Å². The highest BCUT2D eigenvalue weighted by Gasteiger charge is 2.09. The van der Waals surface area contributed by atoms with Crippen LogP contribution >= 0.6 is 0 Å². The second-order valence-corrected chi connectivity index (χ2v) is 3.88. The van der Waals surface area contributed by atoms with E-state index < -0.39 is 0 Å². The predicted octanol–water partition coefficient (Wildman–Crippen LogP) is -0.00790. The van der Waals surface area contributed by atoms with Gasteiger partial charge in [0.15, 0.2) is 0 Å². The summed E-state index contributed by atoms with van der Waals surface area (Å²) in [5.74, 6) is -0.208. The summed E-state index contributed by atoms with van der Waals surface area (Å²) in [6.07, 6.45) is 0. The molecule has 0 saturated heterocycles. The first-order chi connectivity index (χ1) is 8.10. The molecule has 0 saturated carbocycles. The van der Waals surface area contributed by atoms with Crippen LogP contribution in [0.3, 0.4) is 0 Å². The molecule has 17 heavy (non-hydrogen) atoms. The second-order valence-electron chi connectivity index (χ2n) is 3.88. The van der Waals surface area contributed by atoms with Crippen LogP contribution in [0.4, 0.5) is 0 Å². The average Bonchev–Trinajstić information content (AvgIpc) is 2.67. The molecule has 6 nitrogen and oxygen atoms in total. The fourth-order valence-corrected chi connectivity index (χ4v) is 1.70. The summed E-state index contributed by atoms with van der Waals surface area (Å²) < 4.78 is 0. The van der Waals surface area contributed by atoms with Crippen LogP contribution in [0.2, 0.25) is 0 Å². The molecule has 1 unspecified atom stereocenters. The average molecular weight is 234 g/mol. The van der Waals surface area contributed by atoms with E-state index in [1.807, 2.05) is 19.1 Å². The number of aromatic nitrogens is 2. The van der Waals surface area contributed by atoms with Crippen LogP contribution in [0.25, 0.3) is 11.0 Å². The monoisotopic (exact) mass is 234 g/mol. The highest BCUT2D eigenvalue weighted by atomic mass is 16.2. The number of fused-ring (bicyclic) bond motifs is 1. The Morgan fingerprint density at radius 3 is 2.82 bits per heavy atom. The topological polar surface area (TPSA) is 104 Å². The maximum Gasteiger partial charge on any atom is 0.323 e. The zero-order valence-electron chi connectivity index (χ0n) is 9.41. The Labute approximate surface area is 97.2 Å². The van der Waals surface area contributed by atoms with Gasteiger partial charge in [-0.3, -0.25) is 4.79 Å². The third kappa shape index (κ3) is 2.36. The number of imidazole rings is 1. The lowest BCUT2D eigenvalue weighted by Gasteiger charge is -2.13. The minimum atomic E-state index is -0.240. The Hall–Kier alpha value is -2.08. The number of carbonyl (C=O) groups is 1. The van der Waals surface area contributed by atoms with Gasteiger partial charge in [0.05, 0.1) is 23.6 Å². The van der Waals surface area contributed by atoms with Crippen LogP contribution in [0.15, 0.2) is 23.0 Å². The van der Waals surface area contributed by atoms with Crippen LogP contribution in [0, 0.1) is 0 Å². The lowest BCUT2D eigenvalue weighted by Crippen LogP contribution is -2.32. The number of nitrogens with one attached hydrogen (secondary N) is 3. The molecule has 1 atom stereocenters. The molecule has 0 fully saturated rings. The van der Waals surface area contributed by atoms with Gasteiger partial charge in [0.1, 0.15) is 0 Å². The standard InChI is InChI=1S/C11H14N4O2/c1-6(13-10(16)5-12)7-2-3-8-9(4-7)15-11(17)14-8/h2-4,6H,5,12H2,1H3,(H,13,16)(H2,14,15,17). The van der Waals surface area contributed by atoms with E-state index in [1.165, 1.54) is 0 Å². The molecule has 2 rings (SSSR count). The Morgan fingerprint density at radius 2 is 2.12 bits per heavy atom. The predicted molar refractivity (Wildman–Crippen MR) is 64.5 cm³/mol.